The summed E-state index contributed by atoms with van der Waals surface area (Å²) in [5, 5.41) is 11.3. The summed E-state index contributed by atoms with van der Waals surface area (Å²) in [6, 6.07) is 21.1. The van der Waals surface area contributed by atoms with E-state index in [0.717, 1.165) is 12.8 Å². The maximum absolute atomic E-state index is 14.1. The van der Waals surface area contributed by atoms with E-state index in [1.54, 1.807) is 11.9 Å². The monoisotopic (exact) mass is 729 g/mol. The fraction of sp³-hybridized carbons (Fsp3) is 0.650. The van der Waals surface area contributed by atoms with Crippen molar-refractivity contribution in [3.8, 4) is 0 Å². The number of amides is 1. The fourth-order valence-corrected chi connectivity index (χ4v) is 11.6. The van der Waals surface area contributed by atoms with E-state index < -0.39 is 40.4 Å². The maximum Gasteiger partial charge on any atom is 0.337 e. The Bertz CT molecular complexity index is 1260. The molecule has 2 atom stereocenters. The molecule has 0 spiro atoms. The van der Waals surface area contributed by atoms with Crippen LogP contribution in [0.2, 0.25) is 23.2 Å². The third-order valence-electron chi connectivity index (χ3n) is 9.48. The van der Waals surface area contributed by atoms with Crippen LogP contribution in [-0.2, 0) is 27.9 Å². The van der Waals surface area contributed by atoms with E-state index in [0.29, 0.717) is 32.4 Å². The van der Waals surface area contributed by atoms with Gasteiger partial charge in [-0.1, -0.05) is 102 Å². The van der Waals surface area contributed by atoms with Gasteiger partial charge < -0.3 is 28.3 Å². The first-order chi connectivity index (χ1) is 23.2. The average Bonchev–Trinajstić information content (AvgIpc) is 3.02. The number of rotatable bonds is 19. The molecular weight excluding hydrogens is 663 g/mol. The molecule has 2 rings (SSSR count). The molecule has 0 saturated carbocycles. The first-order valence-corrected chi connectivity index (χ1v) is 23.1. The van der Waals surface area contributed by atoms with Crippen LogP contribution in [-0.4, -0.2) is 89.7 Å². The lowest BCUT2D eigenvalue weighted by atomic mass is 10.1. The van der Waals surface area contributed by atoms with E-state index in [2.05, 4.69) is 103 Å². The minimum atomic E-state index is -2.68. The molecule has 0 aromatic heterocycles. The molecule has 1 amide bonds. The number of hydrogen-bond acceptors (Lipinski definition) is 7. The van der Waals surface area contributed by atoms with Crippen molar-refractivity contribution in [2.45, 2.75) is 135 Å². The number of aliphatic hydroxyl groups excluding tert-OH is 1. The number of ether oxygens (including phenoxy) is 2. The van der Waals surface area contributed by atoms with Gasteiger partial charge in [0.15, 0.2) is 20.5 Å². The molecule has 0 fully saturated rings. The summed E-state index contributed by atoms with van der Waals surface area (Å²) >= 11 is 0. The highest BCUT2D eigenvalue weighted by molar-refractivity contribution is 6.99. The molecule has 0 heterocycles. The summed E-state index contributed by atoms with van der Waals surface area (Å²) in [4.78, 5) is 29.5. The van der Waals surface area contributed by atoms with Gasteiger partial charge in [0, 0.05) is 33.4 Å². The van der Waals surface area contributed by atoms with E-state index >= 15 is 0 Å². The third kappa shape index (κ3) is 12.4. The van der Waals surface area contributed by atoms with Crippen molar-refractivity contribution < 1.29 is 33.0 Å². The summed E-state index contributed by atoms with van der Waals surface area (Å²) in [6.45, 7) is 24.0. The van der Waals surface area contributed by atoms with Crippen molar-refractivity contribution in [3.05, 3.63) is 60.7 Å². The number of nitrogens with zero attached hydrogens (tertiary/aromatic N) is 1. The third-order valence-corrected chi connectivity index (χ3v) is 19.0. The highest BCUT2D eigenvalue weighted by atomic mass is 28.4. The number of hydrogen-bond donors (Lipinski definition) is 1. The molecule has 1 N–H and O–H groups in total. The Morgan fingerprint density at radius 1 is 0.720 bits per heavy atom. The second kappa shape index (κ2) is 18.9. The number of carbonyl (C=O) groups excluding carboxylic acids is 2. The zero-order chi connectivity index (χ0) is 37.8. The van der Waals surface area contributed by atoms with Gasteiger partial charge in [0.1, 0.15) is 5.60 Å². The van der Waals surface area contributed by atoms with Gasteiger partial charge in [-0.05, 0) is 86.4 Å². The van der Waals surface area contributed by atoms with Gasteiger partial charge in [-0.3, -0.25) is 4.79 Å². The van der Waals surface area contributed by atoms with Crippen LogP contribution in [0.1, 0.15) is 94.4 Å². The molecule has 0 aliphatic rings. The topological polar surface area (TPSA) is 94.5 Å². The van der Waals surface area contributed by atoms with Gasteiger partial charge in [-0.2, -0.15) is 0 Å². The lowest BCUT2D eigenvalue weighted by Crippen LogP contribution is -2.66. The molecule has 282 valence electrons. The maximum atomic E-state index is 14.1. The number of benzene rings is 2. The zero-order valence-corrected chi connectivity index (χ0v) is 35.1. The van der Waals surface area contributed by atoms with Crippen LogP contribution in [0.3, 0.4) is 0 Å². The molecule has 0 aliphatic carbocycles. The standard InChI is InChI=1S/C40H67NO7Si2/c1-38(2,3)47-37(44)35(48-49(11,12)39(4,5)6)34(36(43)41(10)28-20-15-21-29-42)45-30-22-23-31-46-50(40(7,8)9,32-24-16-13-17-25-32)33-26-18-14-19-27-33/h13-14,16-19,24-27,34-35,42H,15,20-23,28-31H2,1-12H3/t34-,35-/m1/s1. The first-order valence-electron chi connectivity index (χ1n) is 18.3. The van der Waals surface area contributed by atoms with Gasteiger partial charge in [0.05, 0.1) is 0 Å². The van der Waals surface area contributed by atoms with Crippen molar-refractivity contribution in [1.82, 2.24) is 4.90 Å². The molecule has 2 aromatic carbocycles. The van der Waals surface area contributed by atoms with Gasteiger partial charge in [-0.15, -0.1) is 0 Å². The van der Waals surface area contributed by atoms with Crippen molar-refractivity contribution in [2.75, 3.05) is 33.4 Å². The Kier molecular flexibility index (Phi) is 16.6. The second-order valence-electron chi connectivity index (χ2n) is 16.9. The average molecular weight is 730 g/mol. The smallest absolute Gasteiger partial charge is 0.337 e. The zero-order valence-electron chi connectivity index (χ0n) is 33.1. The van der Waals surface area contributed by atoms with Crippen LogP contribution in [0.25, 0.3) is 0 Å². The molecule has 0 bridgehead atoms. The van der Waals surface area contributed by atoms with E-state index in [1.807, 2.05) is 32.9 Å². The minimum Gasteiger partial charge on any atom is -0.458 e. The minimum absolute atomic E-state index is 0.115. The van der Waals surface area contributed by atoms with Crippen molar-refractivity contribution in [3.63, 3.8) is 0 Å². The van der Waals surface area contributed by atoms with Crippen LogP contribution >= 0.6 is 0 Å². The summed E-state index contributed by atoms with van der Waals surface area (Å²) in [5.41, 5.74) is -0.770. The predicted molar refractivity (Wildman–Crippen MR) is 209 cm³/mol. The molecular formula is C40H67NO7Si2. The Hall–Kier alpha value is -2.35. The van der Waals surface area contributed by atoms with Gasteiger partial charge >= 0.3 is 5.97 Å². The Labute approximate surface area is 305 Å². The summed E-state index contributed by atoms with van der Waals surface area (Å²) in [7, 11) is -3.49. The molecule has 0 saturated heterocycles. The van der Waals surface area contributed by atoms with Crippen LogP contribution in [0.5, 0.6) is 0 Å². The highest BCUT2D eigenvalue weighted by Gasteiger charge is 2.50. The molecule has 8 nitrogen and oxygen atoms in total. The molecule has 2 aromatic rings. The lowest BCUT2D eigenvalue weighted by molar-refractivity contribution is -0.177. The van der Waals surface area contributed by atoms with Gasteiger partial charge in [0.25, 0.3) is 14.2 Å². The lowest BCUT2D eigenvalue weighted by Gasteiger charge is -2.43. The van der Waals surface area contributed by atoms with Crippen molar-refractivity contribution in [2.24, 2.45) is 0 Å². The first kappa shape index (κ1) is 43.8. The van der Waals surface area contributed by atoms with Crippen molar-refractivity contribution in [1.29, 1.82) is 0 Å². The van der Waals surface area contributed by atoms with E-state index in [-0.39, 0.29) is 29.2 Å². The molecule has 0 unspecified atom stereocenters. The summed E-state index contributed by atoms with van der Waals surface area (Å²) in [6.07, 6.45) is 1.16. The molecule has 0 radical (unpaired) electrons. The highest BCUT2D eigenvalue weighted by Crippen LogP contribution is 2.39. The summed E-state index contributed by atoms with van der Waals surface area (Å²) in [5.74, 6) is -0.906. The van der Waals surface area contributed by atoms with Crippen molar-refractivity contribution >= 4 is 38.9 Å². The quantitative estimate of drug-likeness (QED) is 0.0939. The predicted octanol–water partition coefficient (Wildman–Crippen LogP) is 7.08. The van der Waals surface area contributed by atoms with E-state index in [1.165, 1.54) is 10.4 Å². The SMILES string of the molecule is CN(CCCCCO)C(=O)[C@H](OCCCCO[Si](c1ccccc1)(c1ccccc1)C(C)(C)C)[C@@H](O[Si](C)(C)C(C)(C)C)C(=O)OC(C)(C)C. The number of likely N-dealkylation sites (N-methyl/N-ethyl adjacent to an activating group) is 1. The van der Waals surface area contributed by atoms with E-state index in [9.17, 15) is 14.7 Å². The normalized spacial score (nSPS) is 14.3. The Morgan fingerprint density at radius 2 is 1.24 bits per heavy atom. The van der Waals surface area contributed by atoms with Crippen LogP contribution < -0.4 is 10.4 Å². The number of carbonyl (C=O) groups is 2. The number of aliphatic hydroxyl groups is 1. The Balaban J connectivity index is 2.33. The van der Waals surface area contributed by atoms with Gasteiger partial charge in [-0.25, -0.2) is 4.79 Å². The largest absolute Gasteiger partial charge is 0.458 e. The number of unbranched alkanes of at least 4 members (excludes halogenated alkanes) is 3. The van der Waals surface area contributed by atoms with Crippen LogP contribution in [0.15, 0.2) is 60.7 Å². The summed E-state index contributed by atoms with van der Waals surface area (Å²) < 4.78 is 26.0. The Morgan fingerprint density at radius 3 is 1.70 bits per heavy atom. The van der Waals surface area contributed by atoms with Crippen LogP contribution in [0, 0.1) is 0 Å². The molecule has 50 heavy (non-hydrogen) atoms. The molecule has 0 aliphatic heterocycles. The number of esters is 1. The fourth-order valence-electron chi connectivity index (χ4n) is 5.74. The van der Waals surface area contributed by atoms with Gasteiger partial charge in [0.2, 0.25) is 0 Å². The second-order valence-corrected chi connectivity index (χ2v) is 25.9. The van der Waals surface area contributed by atoms with Crippen LogP contribution in [0.4, 0.5) is 0 Å². The van der Waals surface area contributed by atoms with E-state index in [4.69, 9.17) is 18.3 Å². The molecule has 10 heteroatoms.